The van der Waals surface area contributed by atoms with Crippen LogP contribution >= 0.6 is 0 Å². The highest BCUT2D eigenvalue weighted by Crippen LogP contribution is 2.34. The molecule has 0 fully saturated rings. The Hall–Kier alpha value is -2.71. The topological polar surface area (TPSA) is 110 Å². The highest BCUT2D eigenvalue weighted by molar-refractivity contribution is 7.91. The molecule has 27 heavy (non-hydrogen) atoms. The van der Waals surface area contributed by atoms with Gasteiger partial charge in [-0.05, 0) is 35.6 Å². The lowest BCUT2D eigenvalue weighted by Gasteiger charge is -2.23. The molecule has 0 radical (unpaired) electrons. The van der Waals surface area contributed by atoms with Gasteiger partial charge >= 0.3 is 10.2 Å². The summed E-state index contributed by atoms with van der Waals surface area (Å²) in [5, 5.41) is 30.3. The van der Waals surface area contributed by atoms with E-state index in [1.165, 1.54) is 12.1 Å². The maximum absolute atomic E-state index is 11.9. The smallest absolute Gasteiger partial charge is 0.330 e. The number of phenols is 1. The van der Waals surface area contributed by atoms with Crippen LogP contribution < -0.4 is 9.03 Å². The van der Waals surface area contributed by atoms with Crippen molar-refractivity contribution in [2.45, 2.75) is 25.9 Å². The minimum absolute atomic E-state index is 0.0342. The van der Waals surface area contributed by atoms with E-state index >= 15 is 0 Å². The second kappa shape index (κ2) is 7.50. The quantitative estimate of drug-likeness (QED) is 0.606. The van der Waals surface area contributed by atoms with Gasteiger partial charge in [-0.15, -0.1) is 0 Å². The van der Waals surface area contributed by atoms with Crippen molar-refractivity contribution in [3.8, 4) is 5.75 Å². The molecule has 4 N–H and O–H groups in total. The molecule has 0 bridgehead atoms. The number of benzene rings is 2. The molecule has 0 aromatic heterocycles. The fourth-order valence-corrected chi connectivity index (χ4v) is 4.24. The molecular formula is C19H22N2O5S. The minimum Gasteiger partial charge on any atom is -0.506 e. The normalized spacial score (nSPS) is 17.9. The molecule has 144 valence electrons. The van der Waals surface area contributed by atoms with E-state index in [9.17, 15) is 23.7 Å². The lowest BCUT2D eigenvalue weighted by molar-refractivity contribution is 0.105. The molecule has 8 heteroatoms. The highest BCUT2D eigenvalue weighted by Gasteiger charge is 2.30. The summed E-state index contributed by atoms with van der Waals surface area (Å²) in [4.78, 5) is 0. The van der Waals surface area contributed by atoms with Gasteiger partial charge in [-0.1, -0.05) is 49.7 Å². The first kappa shape index (κ1) is 19.1. The molecule has 1 aliphatic rings. The molecule has 2 aromatic carbocycles. The predicted molar refractivity (Wildman–Crippen MR) is 102 cm³/mol. The monoisotopic (exact) mass is 390 g/mol. The second-order valence-corrected chi connectivity index (χ2v) is 8.02. The van der Waals surface area contributed by atoms with Crippen molar-refractivity contribution < 1.29 is 23.7 Å². The summed E-state index contributed by atoms with van der Waals surface area (Å²) in [5.74, 6) is -0.804. The third-order valence-electron chi connectivity index (χ3n) is 4.62. The zero-order valence-electron chi connectivity index (χ0n) is 14.8. The predicted octanol–water partition coefficient (Wildman–Crippen LogP) is 2.71. The first-order valence-electron chi connectivity index (χ1n) is 8.59. The fraction of sp³-hybridized carbons (Fsp3) is 0.263. The van der Waals surface area contributed by atoms with Gasteiger partial charge in [0, 0.05) is 0 Å². The van der Waals surface area contributed by atoms with E-state index in [4.69, 9.17) is 0 Å². The maximum Gasteiger partial charge on any atom is 0.330 e. The van der Waals surface area contributed by atoms with Gasteiger partial charge in [0.2, 0.25) is 5.88 Å². The van der Waals surface area contributed by atoms with Crippen LogP contribution in [0.2, 0.25) is 0 Å². The number of aliphatic hydroxyl groups is 2. The van der Waals surface area contributed by atoms with Crippen LogP contribution in [0.5, 0.6) is 5.75 Å². The van der Waals surface area contributed by atoms with Crippen molar-refractivity contribution >= 4 is 15.9 Å². The van der Waals surface area contributed by atoms with Gasteiger partial charge in [0.1, 0.15) is 11.4 Å². The Morgan fingerprint density at radius 3 is 2.37 bits per heavy atom. The number of nitrogens with zero attached hydrogens (tertiary/aromatic N) is 1. The number of hydrogen-bond acceptors (Lipinski definition) is 5. The summed E-state index contributed by atoms with van der Waals surface area (Å²) >= 11 is 0. The van der Waals surface area contributed by atoms with Crippen LogP contribution in [0.15, 0.2) is 60.6 Å². The Bertz CT molecular complexity index is 944. The van der Waals surface area contributed by atoms with E-state index in [0.717, 1.165) is 28.1 Å². The van der Waals surface area contributed by atoms with Gasteiger partial charge in [-0.25, -0.2) is 9.03 Å². The van der Waals surface area contributed by atoms with E-state index in [0.29, 0.717) is 6.42 Å². The van der Waals surface area contributed by atoms with E-state index in [1.807, 2.05) is 42.0 Å². The van der Waals surface area contributed by atoms with E-state index in [1.54, 1.807) is 6.07 Å². The Balaban J connectivity index is 1.81. The summed E-state index contributed by atoms with van der Waals surface area (Å²) in [6.45, 7) is 1.99. The molecule has 0 spiro atoms. The van der Waals surface area contributed by atoms with Gasteiger partial charge in [0.15, 0.2) is 0 Å². The molecule has 7 nitrogen and oxygen atoms in total. The van der Waals surface area contributed by atoms with Crippen LogP contribution in [0.4, 0.5) is 5.69 Å². The van der Waals surface area contributed by atoms with Crippen LogP contribution in [0.25, 0.3) is 0 Å². The van der Waals surface area contributed by atoms with Crippen molar-refractivity contribution in [3.63, 3.8) is 0 Å². The number of anilines is 1. The lowest BCUT2D eigenvalue weighted by atomic mass is 9.88. The standard InChI is InChI=1S/C19H22N2O5S/c1-2-14(19(24)15-6-4-3-5-7-15)10-13-8-9-16(17(22)11-13)21-12-18(23)20-27(21,25)26/h3-9,11-12,14,19-20,22-24H,2,10H2,1H3. The highest BCUT2D eigenvalue weighted by atomic mass is 32.2. The zero-order chi connectivity index (χ0) is 19.6. The average molecular weight is 390 g/mol. The van der Waals surface area contributed by atoms with Gasteiger partial charge in [-0.3, -0.25) is 0 Å². The summed E-state index contributed by atoms with van der Waals surface area (Å²) < 4.78 is 26.6. The van der Waals surface area contributed by atoms with E-state index in [-0.39, 0.29) is 17.4 Å². The van der Waals surface area contributed by atoms with Crippen LogP contribution in [0, 0.1) is 5.92 Å². The fourth-order valence-electron chi connectivity index (χ4n) is 3.17. The summed E-state index contributed by atoms with van der Waals surface area (Å²) in [6.07, 6.45) is 1.60. The molecule has 1 aliphatic heterocycles. The van der Waals surface area contributed by atoms with Crippen molar-refractivity contribution in [1.29, 1.82) is 0 Å². The van der Waals surface area contributed by atoms with Gasteiger partial charge < -0.3 is 15.3 Å². The van der Waals surface area contributed by atoms with Crippen LogP contribution in [-0.4, -0.2) is 23.7 Å². The average Bonchev–Trinajstić information content (AvgIpc) is 2.92. The molecule has 2 aromatic rings. The third-order valence-corrected chi connectivity index (χ3v) is 5.91. The number of rotatable bonds is 6. The molecule has 2 atom stereocenters. The Morgan fingerprint density at radius 2 is 1.81 bits per heavy atom. The number of nitrogens with one attached hydrogen (secondary N) is 1. The molecular weight excluding hydrogens is 368 g/mol. The number of hydrogen-bond donors (Lipinski definition) is 4. The van der Waals surface area contributed by atoms with E-state index in [2.05, 4.69) is 0 Å². The third kappa shape index (κ3) is 4.01. The molecule has 0 saturated carbocycles. The van der Waals surface area contributed by atoms with Crippen molar-refractivity contribution in [3.05, 3.63) is 71.7 Å². The Labute approximate surface area is 158 Å². The summed E-state index contributed by atoms with van der Waals surface area (Å²) in [6, 6.07) is 14.0. The van der Waals surface area contributed by atoms with Crippen molar-refractivity contribution in [1.82, 2.24) is 4.72 Å². The SMILES string of the molecule is CCC(Cc1ccc(N2C=C(O)NS2(=O)=O)c(O)c1)C(O)c1ccccc1. The molecule has 0 aliphatic carbocycles. The molecule has 3 rings (SSSR count). The Kier molecular flexibility index (Phi) is 5.29. The zero-order valence-corrected chi connectivity index (χ0v) is 15.6. The molecule has 0 amide bonds. The summed E-state index contributed by atoms with van der Waals surface area (Å²) in [5.41, 5.74) is 1.64. The second-order valence-electron chi connectivity index (χ2n) is 6.47. The largest absolute Gasteiger partial charge is 0.506 e. The van der Waals surface area contributed by atoms with E-state index < -0.39 is 22.2 Å². The van der Waals surface area contributed by atoms with Crippen LogP contribution in [0.3, 0.4) is 0 Å². The molecule has 0 saturated heterocycles. The number of aromatic hydroxyl groups is 1. The lowest BCUT2D eigenvalue weighted by Crippen LogP contribution is -2.29. The first-order chi connectivity index (χ1) is 12.8. The Morgan fingerprint density at radius 1 is 1.11 bits per heavy atom. The van der Waals surface area contributed by atoms with Crippen LogP contribution in [0.1, 0.15) is 30.6 Å². The minimum atomic E-state index is -3.96. The maximum atomic E-state index is 11.9. The number of aliphatic hydroxyl groups excluding tert-OH is 2. The molecule has 2 unspecified atom stereocenters. The summed E-state index contributed by atoms with van der Waals surface area (Å²) in [7, 11) is -3.96. The van der Waals surface area contributed by atoms with Crippen molar-refractivity contribution in [2.75, 3.05) is 4.31 Å². The van der Waals surface area contributed by atoms with Gasteiger partial charge in [0.25, 0.3) is 0 Å². The van der Waals surface area contributed by atoms with Crippen LogP contribution in [-0.2, 0) is 16.6 Å². The van der Waals surface area contributed by atoms with Crippen molar-refractivity contribution in [2.24, 2.45) is 5.92 Å². The first-order valence-corrected chi connectivity index (χ1v) is 10.0. The number of phenolic OH excluding ortho intramolecular Hbond substituents is 1. The van der Waals surface area contributed by atoms with Gasteiger partial charge in [0.05, 0.1) is 12.3 Å². The van der Waals surface area contributed by atoms with Gasteiger partial charge in [-0.2, -0.15) is 8.42 Å². The molecule has 1 heterocycles.